The zero-order valence-electron chi connectivity index (χ0n) is 10.9. The molecule has 3 aromatic rings. The molecule has 0 aliphatic rings. The number of hydrogen-bond donors (Lipinski definition) is 1. The van der Waals surface area contributed by atoms with Gasteiger partial charge in [0.1, 0.15) is 12.1 Å². The predicted molar refractivity (Wildman–Crippen MR) is 77.8 cm³/mol. The number of nitrogens with one attached hydrogen (secondary N) is 1. The molecule has 7 nitrogen and oxygen atoms in total. The Morgan fingerprint density at radius 3 is 2.71 bits per heavy atom. The maximum Gasteiger partial charge on any atom is 0.270 e. The summed E-state index contributed by atoms with van der Waals surface area (Å²) in [5, 5.41) is 14.7. The van der Waals surface area contributed by atoms with Gasteiger partial charge in [0.15, 0.2) is 0 Å². The van der Waals surface area contributed by atoms with Gasteiger partial charge in [-0.2, -0.15) is 0 Å². The van der Waals surface area contributed by atoms with Gasteiger partial charge in [0.2, 0.25) is 0 Å². The molecule has 0 fully saturated rings. The van der Waals surface area contributed by atoms with Crippen LogP contribution in [0.3, 0.4) is 0 Å². The SMILES string of the molecule is O=[N+]([O-])c1ccc2ncnc(NCc3ccncc3)c2c1. The van der Waals surface area contributed by atoms with E-state index in [4.69, 9.17) is 0 Å². The normalized spacial score (nSPS) is 10.5. The van der Waals surface area contributed by atoms with Gasteiger partial charge in [-0.1, -0.05) is 0 Å². The highest BCUT2D eigenvalue weighted by Gasteiger charge is 2.10. The van der Waals surface area contributed by atoms with Crippen molar-refractivity contribution in [1.29, 1.82) is 0 Å². The molecule has 1 N–H and O–H groups in total. The van der Waals surface area contributed by atoms with E-state index in [9.17, 15) is 10.1 Å². The van der Waals surface area contributed by atoms with E-state index in [1.807, 2.05) is 12.1 Å². The number of fused-ring (bicyclic) bond motifs is 1. The maximum atomic E-state index is 10.9. The molecule has 1 aromatic carbocycles. The summed E-state index contributed by atoms with van der Waals surface area (Å²) in [6.07, 6.45) is 4.85. The lowest BCUT2D eigenvalue weighted by Crippen LogP contribution is -2.02. The molecule has 0 aliphatic heterocycles. The van der Waals surface area contributed by atoms with Crippen molar-refractivity contribution in [3.8, 4) is 0 Å². The Balaban J connectivity index is 1.94. The zero-order chi connectivity index (χ0) is 14.7. The standard InChI is InChI=1S/C14H11N5O2/c20-19(21)11-1-2-13-12(7-11)14(18-9-17-13)16-8-10-3-5-15-6-4-10/h1-7,9H,8H2,(H,16,17,18). The number of benzene rings is 1. The maximum absolute atomic E-state index is 10.9. The summed E-state index contributed by atoms with van der Waals surface area (Å²) in [7, 11) is 0. The van der Waals surface area contributed by atoms with Crippen molar-refractivity contribution in [1.82, 2.24) is 15.0 Å². The minimum atomic E-state index is -0.431. The number of hydrogen-bond acceptors (Lipinski definition) is 6. The van der Waals surface area contributed by atoms with Gasteiger partial charge < -0.3 is 5.32 Å². The Labute approximate surface area is 119 Å². The first-order valence-electron chi connectivity index (χ1n) is 6.26. The minimum Gasteiger partial charge on any atom is -0.365 e. The fourth-order valence-electron chi connectivity index (χ4n) is 1.99. The number of pyridine rings is 1. The molecule has 0 radical (unpaired) electrons. The van der Waals surface area contributed by atoms with Crippen LogP contribution in [-0.4, -0.2) is 19.9 Å². The van der Waals surface area contributed by atoms with Gasteiger partial charge in [0, 0.05) is 36.5 Å². The Kier molecular flexibility index (Phi) is 3.38. The van der Waals surface area contributed by atoms with Gasteiger partial charge in [-0.15, -0.1) is 0 Å². The summed E-state index contributed by atoms with van der Waals surface area (Å²) in [4.78, 5) is 22.7. The molecular formula is C14H11N5O2. The number of anilines is 1. The van der Waals surface area contributed by atoms with E-state index in [1.165, 1.54) is 18.5 Å². The molecule has 21 heavy (non-hydrogen) atoms. The average Bonchev–Trinajstić information content (AvgIpc) is 2.53. The summed E-state index contributed by atoms with van der Waals surface area (Å²) in [5.74, 6) is 0.570. The lowest BCUT2D eigenvalue weighted by Gasteiger charge is -2.08. The van der Waals surface area contributed by atoms with E-state index in [0.29, 0.717) is 23.3 Å². The third-order valence-electron chi connectivity index (χ3n) is 3.04. The molecule has 104 valence electrons. The molecule has 3 rings (SSSR count). The van der Waals surface area contributed by atoms with Gasteiger partial charge in [-0.3, -0.25) is 15.1 Å². The topological polar surface area (TPSA) is 93.8 Å². The zero-order valence-corrected chi connectivity index (χ0v) is 10.9. The van der Waals surface area contributed by atoms with Crippen LogP contribution in [0.5, 0.6) is 0 Å². The lowest BCUT2D eigenvalue weighted by atomic mass is 10.2. The van der Waals surface area contributed by atoms with Crippen LogP contribution in [0, 0.1) is 10.1 Å². The van der Waals surface area contributed by atoms with Crippen molar-refractivity contribution in [3.05, 3.63) is 64.7 Å². The highest BCUT2D eigenvalue weighted by molar-refractivity contribution is 5.90. The first kappa shape index (κ1) is 12.9. The van der Waals surface area contributed by atoms with E-state index < -0.39 is 4.92 Å². The first-order chi connectivity index (χ1) is 10.2. The van der Waals surface area contributed by atoms with Crippen LogP contribution in [0.15, 0.2) is 49.1 Å². The van der Waals surface area contributed by atoms with Gasteiger partial charge in [-0.05, 0) is 23.8 Å². The van der Waals surface area contributed by atoms with Gasteiger partial charge in [-0.25, -0.2) is 9.97 Å². The molecule has 2 heterocycles. The number of nitrogens with zero attached hydrogens (tertiary/aromatic N) is 4. The molecule has 0 saturated carbocycles. The monoisotopic (exact) mass is 281 g/mol. The van der Waals surface area contributed by atoms with Crippen molar-refractivity contribution < 1.29 is 4.92 Å². The molecule has 0 aliphatic carbocycles. The number of rotatable bonds is 4. The second-order valence-corrected chi connectivity index (χ2v) is 4.39. The molecule has 0 unspecified atom stereocenters. The van der Waals surface area contributed by atoms with E-state index in [1.54, 1.807) is 18.5 Å². The second kappa shape index (κ2) is 5.49. The molecule has 0 amide bonds. The molecule has 7 heteroatoms. The summed E-state index contributed by atoms with van der Waals surface area (Å²) in [5.41, 5.74) is 1.72. The minimum absolute atomic E-state index is 0.0178. The summed E-state index contributed by atoms with van der Waals surface area (Å²) in [6, 6.07) is 8.30. The van der Waals surface area contributed by atoms with Gasteiger partial charge >= 0.3 is 0 Å². The Morgan fingerprint density at radius 2 is 1.95 bits per heavy atom. The lowest BCUT2D eigenvalue weighted by molar-refractivity contribution is -0.384. The largest absolute Gasteiger partial charge is 0.365 e. The third-order valence-corrected chi connectivity index (χ3v) is 3.04. The van der Waals surface area contributed by atoms with Crippen LogP contribution in [-0.2, 0) is 6.54 Å². The van der Waals surface area contributed by atoms with Crippen molar-refractivity contribution in [2.45, 2.75) is 6.54 Å². The Bertz CT molecular complexity index is 792. The summed E-state index contributed by atoms with van der Waals surface area (Å²) in [6.45, 7) is 0.553. The number of aromatic nitrogens is 3. The fraction of sp³-hybridized carbons (Fsp3) is 0.0714. The van der Waals surface area contributed by atoms with Crippen molar-refractivity contribution in [3.63, 3.8) is 0 Å². The quantitative estimate of drug-likeness (QED) is 0.583. The predicted octanol–water partition coefficient (Wildman–Crippen LogP) is 2.55. The van der Waals surface area contributed by atoms with Crippen LogP contribution in [0.25, 0.3) is 10.9 Å². The number of nitro benzene ring substituents is 1. The van der Waals surface area contributed by atoms with Crippen molar-refractivity contribution in [2.24, 2.45) is 0 Å². The smallest absolute Gasteiger partial charge is 0.270 e. The van der Waals surface area contributed by atoms with E-state index in [0.717, 1.165) is 5.56 Å². The fourth-order valence-corrected chi connectivity index (χ4v) is 1.99. The highest BCUT2D eigenvalue weighted by atomic mass is 16.6. The van der Waals surface area contributed by atoms with Crippen LogP contribution in [0.1, 0.15) is 5.56 Å². The molecule has 0 saturated heterocycles. The van der Waals surface area contributed by atoms with Crippen LogP contribution in [0.4, 0.5) is 11.5 Å². The summed E-state index contributed by atoms with van der Waals surface area (Å²) >= 11 is 0. The molecule has 0 atom stereocenters. The third kappa shape index (κ3) is 2.76. The molecule has 0 bridgehead atoms. The van der Waals surface area contributed by atoms with E-state index >= 15 is 0 Å². The highest BCUT2D eigenvalue weighted by Crippen LogP contribution is 2.24. The second-order valence-electron chi connectivity index (χ2n) is 4.39. The molecular weight excluding hydrogens is 270 g/mol. The van der Waals surface area contributed by atoms with Crippen molar-refractivity contribution in [2.75, 3.05) is 5.32 Å². The average molecular weight is 281 g/mol. The molecule has 0 spiro atoms. The van der Waals surface area contributed by atoms with Gasteiger partial charge in [0.25, 0.3) is 5.69 Å². The molecule has 2 aromatic heterocycles. The van der Waals surface area contributed by atoms with Crippen LogP contribution in [0.2, 0.25) is 0 Å². The van der Waals surface area contributed by atoms with E-state index in [-0.39, 0.29) is 5.69 Å². The van der Waals surface area contributed by atoms with Crippen LogP contribution >= 0.6 is 0 Å². The Morgan fingerprint density at radius 1 is 1.14 bits per heavy atom. The van der Waals surface area contributed by atoms with Gasteiger partial charge in [0.05, 0.1) is 10.4 Å². The number of nitro groups is 1. The number of non-ortho nitro benzene ring substituents is 1. The van der Waals surface area contributed by atoms with E-state index in [2.05, 4.69) is 20.3 Å². The summed E-state index contributed by atoms with van der Waals surface area (Å²) < 4.78 is 0. The Hall–Kier alpha value is -3.09. The van der Waals surface area contributed by atoms with Crippen molar-refractivity contribution >= 4 is 22.4 Å². The van der Waals surface area contributed by atoms with Crippen LogP contribution < -0.4 is 5.32 Å². The first-order valence-corrected chi connectivity index (χ1v) is 6.26.